The lowest BCUT2D eigenvalue weighted by Gasteiger charge is -2.20. The van der Waals surface area contributed by atoms with E-state index in [2.05, 4.69) is 22.0 Å². The largest absolute Gasteiger partial charge is 0.327 e. The van der Waals surface area contributed by atoms with Crippen molar-refractivity contribution in [2.45, 2.75) is 31.7 Å². The van der Waals surface area contributed by atoms with Gasteiger partial charge in [0.1, 0.15) is 5.82 Å². The molecular weight excluding hydrogens is 269 g/mol. The van der Waals surface area contributed by atoms with Crippen LogP contribution in [0, 0.1) is 5.82 Å². The van der Waals surface area contributed by atoms with Gasteiger partial charge in [0.25, 0.3) is 0 Å². The van der Waals surface area contributed by atoms with Crippen LogP contribution in [0.5, 0.6) is 0 Å². The average Bonchev–Trinajstić information content (AvgIpc) is 2.22. The van der Waals surface area contributed by atoms with Gasteiger partial charge in [-0.1, -0.05) is 33.6 Å². The highest BCUT2D eigenvalue weighted by atomic mass is 79.9. The van der Waals surface area contributed by atoms with Crippen molar-refractivity contribution in [2.24, 2.45) is 5.73 Å². The van der Waals surface area contributed by atoms with Crippen molar-refractivity contribution in [2.75, 3.05) is 0 Å². The smallest absolute Gasteiger partial charge is 0.124 e. The molecule has 1 aromatic rings. The number of nitrogens with two attached hydrogens (primary N) is 1. The number of hydrogen-bond acceptors (Lipinski definition) is 1. The maximum absolute atomic E-state index is 12.9. The summed E-state index contributed by atoms with van der Waals surface area (Å²) in [6, 6.07) is 5.07. The second kappa shape index (κ2) is 5.11. The predicted octanol–water partition coefficient (Wildman–Crippen LogP) is 3.87. The van der Waals surface area contributed by atoms with Crippen LogP contribution < -0.4 is 5.73 Å². The monoisotopic (exact) mass is 283 g/mol. The van der Waals surface area contributed by atoms with Gasteiger partial charge in [0.2, 0.25) is 0 Å². The summed E-state index contributed by atoms with van der Waals surface area (Å²) in [5.74, 6) is -0.214. The molecule has 0 amide bonds. The third-order valence-corrected chi connectivity index (χ3v) is 3.61. The van der Waals surface area contributed by atoms with Crippen LogP contribution in [0.1, 0.15) is 31.2 Å². The van der Waals surface area contributed by atoms with Crippen LogP contribution in [0.15, 0.2) is 28.2 Å². The number of rotatable bonds is 1. The average molecular weight is 284 g/mol. The topological polar surface area (TPSA) is 26.0 Å². The fraction of sp³-hybridized carbons (Fsp3) is 0.385. The molecule has 86 valence electrons. The van der Waals surface area contributed by atoms with Crippen molar-refractivity contribution < 1.29 is 4.39 Å². The Morgan fingerprint density at radius 3 is 2.94 bits per heavy atom. The summed E-state index contributed by atoms with van der Waals surface area (Å²) in [4.78, 5) is 0. The van der Waals surface area contributed by atoms with E-state index in [1.54, 1.807) is 6.07 Å². The zero-order valence-corrected chi connectivity index (χ0v) is 10.6. The first-order valence-corrected chi connectivity index (χ1v) is 6.34. The van der Waals surface area contributed by atoms with Crippen molar-refractivity contribution in [3.05, 3.63) is 39.6 Å². The Balaban J connectivity index is 2.21. The Morgan fingerprint density at radius 1 is 1.44 bits per heavy atom. The number of benzene rings is 1. The molecule has 16 heavy (non-hydrogen) atoms. The number of hydrogen-bond donors (Lipinski definition) is 1. The van der Waals surface area contributed by atoms with Gasteiger partial charge in [0.15, 0.2) is 0 Å². The molecule has 0 aromatic heterocycles. The van der Waals surface area contributed by atoms with Crippen LogP contribution in [-0.4, -0.2) is 6.04 Å². The molecule has 1 atom stereocenters. The van der Waals surface area contributed by atoms with E-state index >= 15 is 0 Å². The normalized spacial score (nSPS) is 23.7. The second-order valence-electron chi connectivity index (χ2n) is 4.32. The molecular formula is C13H15BrFN. The molecule has 1 aliphatic carbocycles. The highest BCUT2D eigenvalue weighted by Gasteiger charge is 2.13. The van der Waals surface area contributed by atoms with Gasteiger partial charge in [-0.25, -0.2) is 4.39 Å². The molecule has 1 nitrogen and oxygen atoms in total. The molecule has 2 rings (SSSR count). The highest BCUT2D eigenvalue weighted by Crippen LogP contribution is 2.27. The molecule has 1 unspecified atom stereocenters. The first-order chi connectivity index (χ1) is 7.65. The van der Waals surface area contributed by atoms with Crippen LogP contribution >= 0.6 is 15.9 Å². The molecule has 2 N–H and O–H groups in total. The molecule has 1 aromatic carbocycles. The van der Waals surface area contributed by atoms with Gasteiger partial charge in [0.05, 0.1) is 0 Å². The number of halogens is 2. The fourth-order valence-electron chi connectivity index (χ4n) is 2.10. The molecule has 0 saturated heterocycles. The summed E-state index contributed by atoms with van der Waals surface area (Å²) in [6.07, 6.45) is 6.47. The highest BCUT2D eigenvalue weighted by molar-refractivity contribution is 9.10. The zero-order valence-electron chi connectivity index (χ0n) is 9.05. The van der Waals surface area contributed by atoms with Gasteiger partial charge >= 0.3 is 0 Å². The van der Waals surface area contributed by atoms with Crippen LogP contribution in [0.4, 0.5) is 4.39 Å². The summed E-state index contributed by atoms with van der Waals surface area (Å²) in [5, 5.41) is 0. The summed E-state index contributed by atoms with van der Waals surface area (Å²) in [6.45, 7) is 0. The molecule has 1 fully saturated rings. The van der Waals surface area contributed by atoms with E-state index in [9.17, 15) is 4.39 Å². The predicted molar refractivity (Wildman–Crippen MR) is 68.5 cm³/mol. The van der Waals surface area contributed by atoms with Gasteiger partial charge in [-0.05, 0) is 43.4 Å². The molecule has 0 radical (unpaired) electrons. The minimum absolute atomic E-state index is 0.214. The van der Waals surface area contributed by atoms with Crippen molar-refractivity contribution >= 4 is 22.0 Å². The first-order valence-electron chi connectivity index (χ1n) is 5.55. The first kappa shape index (κ1) is 11.8. The lowest BCUT2D eigenvalue weighted by Crippen LogP contribution is -2.23. The van der Waals surface area contributed by atoms with Gasteiger partial charge in [-0.2, -0.15) is 0 Å². The van der Waals surface area contributed by atoms with Crippen LogP contribution in [0.2, 0.25) is 0 Å². The molecule has 0 aliphatic heterocycles. The minimum atomic E-state index is -0.214. The molecule has 0 spiro atoms. The lowest BCUT2D eigenvalue weighted by atomic mass is 9.90. The third kappa shape index (κ3) is 2.92. The van der Waals surface area contributed by atoms with E-state index < -0.39 is 0 Å². The maximum atomic E-state index is 12.9. The molecule has 0 bridgehead atoms. The van der Waals surface area contributed by atoms with E-state index in [1.807, 2.05) is 0 Å². The van der Waals surface area contributed by atoms with E-state index in [1.165, 1.54) is 17.7 Å². The maximum Gasteiger partial charge on any atom is 0.124 e. The molecule has 3 heteroatoms. The summed E-state index contributed by atoms with van der Waals surface area (Å²) in [5.41, 5.74) is 8.33. The van der Waals surface area contributed by atoms with Crippen molar-refractivity contribution in [1.29, 1.82) is 0 Å². The Bertz CT molecular complexity index is 414. The standard InChI is InChI=1S/C13H15BrFN/c14-13-8-11(15)5-4-10(13)6-9-2-1-3-12(16)7-9/h4-6,8,12H,1-3,7,16H2. The summed E-state index contributed by atoms with van der Waals surface area (Å²) in [7, 11) is 0. The van der Waals surface area contributed by atoms with Gasteiger partial charge in [-0.15, -0.1) is 0 Å². The van der Waals surface area contributed by atoms with Crippen LogP contribution in [0.3, 0.4) is 0 Å². The van der Waals surface area contributed by atoms with Gasteiger partial charge in [-0.3, -0.25) is 0 Å². The summed E-state index contributed by atoms with van der Waals surface area (Å²) >= 11 is 3.37. The zero-order chi connectivity index (χ0) is 11.5. The van der Waals surface area contributed by atoms with Crippen molar-refractivity contribution in [3.63, 3.8) is 0 Å². The van der Waals surface area contributed by atoms with E-state index in [4.69, 9.17) is 5.73 Å². The lowest BCUT2D eigenvalue weighted by molar-refractivity contribution is 0.520. The van der Waals surface area contributed by atoms with Gasteiger partial charge < -0.3 is 5.73 Å². The van der Waals surface area contributed by atoms with E-state index in [0.717, 1.165) is 35.7 Å². The van der Waals surface area contributed by atoms with E-state index in [0.29, 0.717) is 6.04 Å². The van der Waals surface area contributed by atoms with Crippen LogP contribution in [-0.2, 0) is 0 Å². The van der Waals surface area contributed by atoms with E-state index in [-0.39, 0.29) is 5.82 Å². The van der Waals surface area contributed by atoms with Crippen molar-refractivity contribution in [1.82, 2.24) is 0 Å². The van der Waals surface area contributed by atoms with Crippen molar-refractivity contribution in [3.8, 4) is 0 Å². The quantitative estimate of drug-likeness (QED) is 0.832. The molecule has 1 saturated carbocycles. The summed E-state index contributed by atoms with van der Waals surface area (Å²) < 4.78 is 13.7. The fourth-order valence-corrected chi connectivity index (χ4v) is 2.57. The minimum Gasteiger partial charge on any atom is -0.327 e. The third-order valence-electron chi connectivity index (χ3n) is 2.92. The Hall–Kier alpha value is -0.670. The Kier molecular flexibility index (Phi) is 3.77. The van der Waals surface area contributed by atoms with Gasteiger partial charge in [0, 0.05) is 10.5 Å². The van der Waals surface area contributed by atoms with Crippen LogP contribution in [0.25, 0.3) is 6.08 Å². The molecule has 0 heterocycles. The molecule has 1 aliphatic rings. The Labute approximate surface area is 104 Å². The SMILES string of the molecule is NC1CCCC(=Cc2ccc(F)cc2Br)C1. The second-order valence-corrected chi connectivity index (χ2v) is 5.18. The Morgan fingerprint density at radius 2 is 2.25 bits per heavy atom.